The molecule has 5 nitrogen and oxygen atoms in total. The molecule has 0 radical (unpaired) electrons. The molecule has 0 saturated heterocycles. The average molecular weight is 393 g/mol. The summed E-state index contributed by atoms with van der Waals surface area (Å²) in [6.07, 6.45) is 3.30. The van der Waals surface area contributed by atoms with Crippen molar-refractivity contribution >= 4 is 5.91 Å². The van der Waals surface area contributed by atoms with Crippen LogP contribution in [0.15, 0.2) is 77.5 Å². The molecule has 0 spiro atoms. The predicted octanol–water partition coefficient (Wildman–Crippen LogP) is 4.48. The molecule has 4 aromatic rings. The quantitative estimate of drug-likeness (QED) is 0.544. The van der Waals surface area contributed by atoms with E-state index in [0.717, 1.165) is 0 Å². The summed E-state index contributed by atoms with van der Waals surface area (Å²) in [6, 6.07) is 14.3. The first-order chi connectivity index (χ1) is 14.0. The largest absolute Gasteiger partial charge is 0.451 e. The molecule has 0 saturated carbocycles. The number of aryl methyl sites for hydroxylation is 1. The fourth-order valence-electron chi connectivity index (χ4n) is 3.08. The molecule has 1 atom stereocenters. The lowest BCUT2D eigenvalue weighted by atomic mass is 10.1. The Morgan fingerprint density at radius 2 is 1.83 bits per heavy atom. The molecule has 2 aromatic carbocycles. The van der Waals surface area contributed by atoms with E-state index in [-0.39, 0.29) is 11.6 Å². The molecule has 0 aliphatic rings. The fraction of sp³-hybridized carbons (Fsp3) is 0.0909. The van der Waals surface area contributed by atoms with Crippen LogP contribution in [0.4, 0.5) is 8.78 Å². The second kappa shape index (κ2) is 7.71. The van der Waals surface area contributed by atoms with E-state index in [4.69, 9.17) is 4.42 Å². The molecule has 7 heteroatoms. The van der Waals surface area contributed by atoms with E-state index >= 15 is 0 Å². The Morgan fingerprint density at radius 1 is 1.07 bits per heavy atom. The molecule has 0 bridgehead atoms. The maximum Gasteiger partial charge on any atom is 0.287 e. The highest BCUT2D eigenvalue weighted by Crippen LogP contribution is 2.26. The van der Waals surface area contributed by atoms with Gasteiger partial charge in [0.25, 0.3) is 5.91 Å². The molecular formula is C22H17F2N3O2. The first kappa shape index (κ1) is 18.6. The molecule has 146 valence electrons. The number of nitrogens with zero attached hydrogens (tertiary/aromatic N) is 2. The lowest BCUT2D eigenvalue weighted by molar-refractivity contribution is 0.0913. The summed E-state index contributed by atoms with van der Waals surface area (Å²) in [7, 11) is 1.77. The zero-order valence-corrected chi connectivity index (χ0v) is 15.5. The van der Waals surface area contributed by atoms with Gasteiger partial charge in [-0.15, -0.1) is 0 Å². The highest BCUT2D eigenvalue weighted by Gasteiger charge is 2.25. The second-order valence-electron chi connectivity index (χ2n) is 6.50. The molecule has 2 heterocycles. The number of furan rings is 1. The minimum Gasteiger partial charge on any atom is -0.451 e. The van der Waals surface area contributed by atoms with Crippen molar-refractivity contribution in [2.45, 2.75) is 6.04 Å². The Morgan fingerprint density at radius 3 is 2.52 bits per heavy atom. The smallest absolute Gasteiger partial charge is 0.287 e. The minimum absolute atomic E-state index is 0.0554. The molecule has 1 amide bonds. The molecule has 0 aliphatic heterocycles. The van der Waals surface area contributed by atoms with Crippen LogP contribution < -0.4 is 5.32 Å². The van der Waals surface area contributed by atoms with E-state index in [9.17, 15) is 13.6 Å². The van der Waals surface area contributed by atoms with Crippen LogP contribution in [0.3, 0.4) is 0 Å². The van der Waals surface area contributed by atoms with Gasteiger partial charge in [-0.3, -0.25) is 4.79 Å². The van der Waals surface area contributed by atoms with Crippen molar-refractivity contribution in [1.82, 2.24) is 14.9 Å². The minimum atomic E-state index is -0.803. The van der Waals surface area contributed by atoms with Gasteiger partial charge < -0.3 is 14.3 Å². The van der Waals surface area contributed by atoms with Crippen LogP contribution in [0.1, 0.15) is 28.0 Å². The van der Waals surface area contributed by atoms with E-state index < -0.39 is 17.8 Å². The van der Waals surface area contributed by atoms with Crippen LogP contribution in [-0.4, -0.2) is 15.5 Å². The van der Waals surface area contributed by atoms with Crippen LogP contribution >= 0.6 is 0 Å². The predicted molar refractivity (Wildman–Crippen MR) is 103 cm³/mol. The van der Waals surface area contributed by atoms with E-state index in [0.29, 0.717) is 22.7 Å². The Bertz CT molecular complexity index is 1150. The van der Waals surface area contributed by atoms with Crippen LogP contribution in [0.2, 0.25) is 0 Å². The summed E-state index contributed by atoms with van der Waals surface area (Å²) in [5.41, 5.74) is 0.931. The number of rotatable bonds is 5. The topological polar surface area (TPSA) is 60.1 Å². The number of aromatic nitrogens is 2. The second-order valence-corrected chi connectivity index (χ2v) is 6.50. The van der Waals surface area contributed by atoms with Crippen LogP contribution in [0.5, 0.6) is 0 Å². The van der Waals surface area contributed by atoms with Crippen molar-refractivity contribution in [2.24, 2.45) is 7.05 Å². The Balaban J connectivity index is 1.63. The number of carbonyl (C=O) groups excluding carboxylic acids is 1. The zero-order valence-electron chi connectivity index (χ0n) is 15.5. The molecule has 0 fully saturated rings. The lowest BCUT2D eigenvalue weighted by Gasteiger charge is -2.19. The number of nitrogens with one attached hydrogen (secondary N) is 1. The average Bonchev–Trinajstić information content (AvgIpc) is 3.37. The Labute approximate surface area is 165 Å². The number of hydrogen-bond acceptors (Lipinski definition) is 3. The number of hydrogen-bond donors (Lipinski definition) is 1. The molecule has 4 rings (SSSR count). The lowest BCUT2D eigenvalue weighted by Crippen LogP contribution is -2.31. The van der Waals surface area contributed by atoms with E-state index in [1.54, 1.807) is 60.4 Å². The molecular weight excluding hydrogens is 376 g/mol. The highest BCUT2D eigenvalue weighted by molar-refractivity contribution is 5.92. The summed E-state index contributed by atoms with van der Waals surface area (Å²) >= 11 is 0. The maximum atomic E-state index is 14.4. The van der Waals surface area contributed by atoms with Crippen LogP contribution in [-0.2, 0) is 7.05 Å². The van der Waals surface area contributed by atoms with Gasteiger partial charge in [0, 0.05) is 30.6 Å². The first-order valence-corrected chi connectivity index (χ1v) is 8.91. The summed E-state index contributed by atoms with van der Waals surface area (Å²) in [4.78, 5) is 17.1. The number of amides is 1. The van der Waals surface area contributed by atoms with Crippen LogP contribution in [0.25, 0.3) is 11.3 Å². The van der Waals surface area contributed by atoms with Gasteiger partial charge in [0.2, 0.25) is 0 Å². The van der Waals surface area contributed by atoms with Gasteiger partial charge in [0.05, 0.1) is 0 Å². The van der Waals surface area contributed by atoms with Gasteiger partial charge in [0.1, 0.15) is 29.3 Å². The third-order valence-electron chi connectivity index (χ3n) is 4.57. The summed E-state index contributed by atoms with van der Waals surface area (Å²) in [5, 5.41) is 2.79. The van der Waals surface area contributed by atoms with Crippen molar-refractivity contribution < 1.29 is 18.0 Å². The third kappa shape index (κ3) is 3.80. The summed E-state index contributed by atoms with van der Waals surface area (Å²) < 4.78 is 34.9. The monoisotopic (exact) mass is 393 g/mol. The van der Waals surface area contributed by atoms with Gasteiger partial charge in [0.15, 0.2) is 5.76 Å². The van der Waals surface area contributed by atoms with Crippen molar-refractivity contribution in [2.75, 3.05) is 0 Å². The number of carbonyl (C=O) groups is 1. The van der Waals surface area contributed by atoms with Crippen LogP contribution in [0, 0.1) is 11.6 Å². The van der Waals surface area contributed by atoms with Gasteiger partial charge in [-0.1, -0.05) is 18.2 Å². The molecule has 1 unspecified atom stereocenters. The third-order valence-corrected chi connectivity index (χ3v) is 4.57. The first-order valence-electron chi connectivity index (χ1n) is 8.91. The number of halogens is 2. The normalized spacial score (nSPS) is 12.0. The van der Waals surface area contributed by atoms with Crippen molar-refractivity contribution in [3.05, 3.63) is 102 Å². The van der Waals surface area contributed by atoms with Crippen molar-refractivity contribution in [3.8, 4) is 11.3 Å². The van der Waals surface area contributed by atoms with E-state index in [2.05, 4.69) is 10.3 Å². The molecule has 29 heavy (non-hydrogen) atoms. The fourth-order valence-corrected chi connectivity index (χ4v) is 3.08. The zero-order chi connectivity index (χ0) is 20.4. The maximum absolute atomic E-state index is 14.4. The number of imidazole rings is 1. The van der Waals surface area contributed by atoms with Crippen molar-refractivity contribution in [1.29, 1.82) is 0 Å². The molecule has 0 aliphatic carbocycles. The summed E-state index contributed by atoms with van der Waals surface area (Å²) in [5.74, 6) is -0.369. The number of benzene rings is 2. The van der Waals surface area contributed by atoms with E-state index in [1.165, 1.54) is 24.3 Å². The summed E-state index contributed by atoms with van der Waals surface area (Å²) in [6.45, 7) is 0. The molecule has 2 aromatic heterocycles. The standard InChI is InChI=1S/C22H17F2N3O2/c1-27-13-12-25-21(27)20(16-4-2-3-5-17(16)24)26-22(28)19-11-10-18(29-19)14-6-8-15(23)9-7-14/h2-13,20H,1H3,(H,26,28). The van der Waals surface area contributed by atoms with Gasteiger partial charge >= 0.3 is 0 Å². The Kier molecular flexibility index (Phi) is 4.95. The highest BCUT2D eigenvalue weighted by atomic mass is 19.1. The van der Waals surface area contributed by atoms with Gasteiger partial charge in [-0.25, -0.2) is 13.8 Å². The Hall–Kier alpha value is -3.74. The van der Waals surface area contributed by atoms with Gasteiger partial charge in [-0.2, -0.15) is 0 Å². The molecule has 1 N–H and O–H groups in total. The van der Waals surface area contributed by atoms with Crippen molar-refractivity contribution in [3.63, 3.8) is 0 Å². The SMILES string of the molecule is Cn1ccnc1C(NC(=O)c1ccc(-c2ccc(F)cc2)o1)c1ccccc1F. The van der Waals surface area contributed by atoms with Gasteiger partial charge in [-0.05, 0) is 42.5 Å². The van der Waals surface area contributed by atoms with E-state index in [1.807, 2.05) is 0 Å².